The fraction of sp³-hybridized carbons (Fsp3) is 0. The lowest BCUT2D eigenvalue weighted by molar-refractivity contribution is -0.385. The lowest BCUT2D eigenvalue weighted by Gasteiger charge is -1.97. The summed E-state index contributed by atoms with van der Waals surface area (Å²) in [4.78, 5) is 22.8. The molecule has 6 heteroatoms. The molecule has 2 rings (SSSR count). The van der Waals surface area contributed by atoms with Gasteiger partial charge in [-0.2, -0.15) is 0 Å². The predicted molar refractivity (Wildman–Crippen MR) is 55.4 cm³/mol. The van der Waals surface area contributed by atoms with Crippen molar-refractivity contribution in [2.75, 3.05) is 0 Å². The van der Waals surface area contributed by atoms with E-state index in [1.165, 1.54) is 23.2 Å². The zero-order valence-corrected chi connectivity index (χ0v) is 8.85. The third-order valence-corrected chi connectivity index (χ3v) is 2.42. The fourth-order valence-electron chi connectivity index (χ4n) is 1.40. The molecule has 1 aliphatic heterocycles. The molecule has 1 heterocycles. The number of ether oxygens (including phenoxy) is 1. The Hall–Kier alpha value is -1.69. The number of benzene rings is 1. The topological polar surface area (TPSA) is 69.4 Å². The van der Waals surface area contributed by atoms with Crippen LogP contribution in [0, 0.1) is 10.1 Å². The van der Waals surface area contributed by atoms with Crippen LogP contribution in [0.2, 0.25) is 0 Å². The van der Waals surface area contributed by atoms with Crippen molar-refractivity contribution in [1.82, 2.24) is 0 Å². The summed E-state index contributed by atoms with van der Waals surface area (Å²) >= 11 is 2.99. The molecule has 0 spiro atoms. The molecule has 0 amide bonds. The Bertz CT molecular complexity index is 495. The number of halogens is 1. The number of carbonyl (C=O) groups excluding carboxylic acids is 1. The average molecular weight is 270 g/mol. The van der Waals surface area contributed by atoms with Gasteiger partial charge in [-0.1, -0.05) is 22.0 Å². The van der Waals surface area contributed by atoms with Gasteiger partial charge in [-0.3, -0.25) is 10.1 Å². The fourth-order valence-corrected chi connectivity index (χ4v) is 1.73. The molecule has 1 aliphatic rings. The highest BCUT2D eigenvalue weighted by molar-refractivity contribution is 9.11. The minimum atomic E-state index is -0.570. The second kappa shape index (κ2) is 3.47. The number of hydrogen-bond acceptors (Lipinski definition) is 4. The first kappa shape index (κ1) is 9.85. The number of nitro benzene ring substituents is 1. The third kappa shape index (κ3) is 1.42. The number of nitrogens with zero attached hydrogens (tertiary/aromatic N) is 1. The molecule has 0 N–H and O–H groups in total. The second-order valence-electron chi connectivity index (χ2n) is 2.82. The van der Waals surface area contributed by atoms with E-state index >= 15 is 0 Å². The monoisotopic (exact) mass is 269 g/mol. The summed E-state index contributed by atoms with van der Waals surface area (Å²) < 4.78 is 4.84. The Morgan fingerprint density at radius 3 is 2.80 bits per heavy atom. The molecule has 0 bridgehead atoms. The van der Waals surface area contributed by atoms with Crippen molar-refractivity contribution in [1.29, 1.82) is 0 Å². The van der Waals surface area contributed by atoms with Gasteiger partial charge in [0.1, 0.15) is 5.56 Å². The third-order valence-electron chi connectivity index (χ3n) is 2.01. The Balaban J connectivity index is 2.75. The Kier molecular flexibility index (Phi) is 2.28. The highest BCUT2D eigenvalue weighted by Crippen LogP contribution is 2.36. The molecular weight excluding hydrogens is 266 g/mol. The second-order valence-corrected chi connectivity index (χ2v) is 3.28. The normalized spacial score (nSPS) is 16.3. The molecule has 76 valence electrons. The zero-order chi connectivity index (χ0) is 11.0. The molecule has 5 nitrogen and oxygen atoms in total. The molecule has 0 aliphatic carbocycles. The Morgan fingerprint density at radius 2 is 2.20 bits per heavy atom. The maximum absolute atomic E-state index is 11.3. The van der Waals surface area contributed by atoms with Crippen LogP contribution in [-0.4, -0.2) is 10.9 Å². The molecule has 0 atom stereocenters. The number of nitro groups is 1. The summed E-state index contributed by atoms with van der Waals surface area (Å²) in [5, 5.41) is 10.7. The minimum Gasteiger partial charge on any atom is -0.421 e. The van der Waals surface area contributed by atoms with E-state index in [1.807, 2.05) is 0 Å². The van der Waals surface area contributed by atoms with Crippen molar-refractivity contribution in [3.05, 3.63) is 44.4 Å². The van der Waals surface area contributed by atoms with Crippen LogP contribution in [0.25, 0.3) is 5.76 Å². The first-order valence-corrected chi connectivity index (χ1v) is 4.87. The molecule has 0 fully saturated rings. The standard InChI is InChI=1S/C9H4BrNO4/c10-4-7-8-5(9(12)15-7)2-1-3-6(8)11(13)14/h1-4H/b7-4+. The van der Waals surface area contributed by atoms with E-state index in [1.54, 1.807) is 0 Å². The van der Waals surface area contributed by atoms with Crippen LogP contribution < -0.4 is 0 Å². The molecule has 0 radical (unpaired) electrons. The highest BCUT2D eigenvalue weighted by Gasteiger charge is 2.33. The van der Waals surface area contributed by atoms with Gasteiger partial charge < -0.3 is 4.74 Å². The average Bonchev–Trinajstić information content (AvgIpc) is 2.55. The van der Waals surface area contributed by atoms with E-state index in [0.717, 1.165) is 0 Å². The van der Waals surface area contributed by atoms with Gasteiger partial charge in [-0.25, -0.2) is 4.79 Å². The van der Waals surface area contributed by atoms with Gasteiger partial charge in [0.2, 0.25) is 0 Å². The maximum atomic E-state index is 11.3. The largest absolute Gasteiger partial charge is 0.421 e. The van der Waals surface area contributed by atoms with Crippen LogP contribution in [-0.2, 0) is 4.74 Å². The first-order valence-electron chi connectivity index (χ1n) is 3.95. The van der Waals surface area contributed by atoms with E-state index < -0.39 is 10.9 Å². The van der Waals surface area contributed by atoms with Gasteiger partial charge in [-0.05, 0) is 6.07 Å². The molecule has 0 aromatic heterocycles. The summed E-state index contributed by atoms with van der Waals surface area (Å²) in [6.45, 7) is 0. The van der Waals surface area contributed by atoms with Crippen LogP contribution in [0.4, 0.5) is 5.69 Å². The number of cyclic esters (lactones) is 1. The van der Waals surface area contributed by atoms with E-state index in [2.05, 4.69) is 15.9 Å². The van der Waals surface area contributed by atoms with Crippen LogP contribution in [0.5, 0.6) is 0 Å². The van der Waals surface area contributed by atoms with Gasteiger partial charge in [-0.15, -0.1) is 0 Å². The van der Waals surface area contributed by atoms with E-state index in [-0.39, 0.29) is 22.6 Å². The van der Waals surface area contributed by atoms with Crippen molar-refractivity contribution < 1.29 is 14.5 Å². The highest BCUT2D eigenvalue weighted by atomic mass is 79.9. The van der Waals surface area contributed by atoms with E-state index in [4.69, 9.17) is 4.74 Å². The number of fused-ring (bicyclic) bond motifs is 1. The van der Waals surface area contributed by atoms with Crippen molar-refractivity contribution >= 4 is 33.3 Å². The lowest BCUT2D eigenvalue weighted by atomic mass is 10.1. The van der Waals surface area contributed by atoms with Crippen molar-refractivity contribution in [2.24, 2.45) is 0 Å². The van der Waals surface area contributed by atoms with Crippen LogP contribution in [0.15, 0.2) is 23.2 Å². The SMILES string of the molecule is O=C1O/C(=C/Br)c2c1cccc2[N+](=O)[O-]. The molecule has 0 saturated heterocycles. The molecule has 0 saturated carbocycles. The Morgan fingerprint density at radius 1 is 1.47 bits per heavy atom. The summed E-state index contributed by atoms with van der Waals surface area (Å²) in [6.07, 6.45) is 0. The van der Waals surface area contributed by atoms with Crippen LogP contribution >= 0.6 is 15.9 Å². The number of esters is 1. The zero-order valence-electron chi connectivity index (χ0n) is 7.27. The summed E-state index contributed by atoms with van der Waals surface area (Å²) in [5.74, 6) is -0.401. The van der Waals surface area contributed by atoms with Crippen LogP contribution in [0.1, 0.15) is 15.9 Å². The summed E-state index contributed by atoms with van der Waals surface area (Å²) in [5.41, 5.74) is 0.309. The lowest BCUT2D eigenvalue weighted by Crippen LogP contribution is -1.95. The van der Waals surface area contributed by atoms with E-state index in [9.17, 15) is 14.9 Å². The maximum Gasteiger partial charge on any atom is 0.344 e. The number of hydrogen-bond donors (Lipinski definition) is 0. The van der Waals surface area contributed by atoms with Gasteiger partial charge in [0.25, 0.3) is 5.69 Å². The molecule has 1 aromatic rings. The smallest absolute Gasteiger partial charge is 0.344 e. The number of rotatable bonds is 1. The molecule has 15 heavy (non-hydrogen) atoms. The van der Waals surface area contributed by atoms with Crippen molar-refractivity contribution in [3.8, 4) is 0 Å². The van der Waals surface area contributed by atoms with Gasteiger partial charge in [0, 0.05) is 11.1 Å². The van der Waals surface area contributed by atoms with Crippen LogP contribution in [0.3, 0.4) is 0 Å². The van der Waals surface area contributed by atoms with Crippen molar-refractivity contribution in [3.63, 3.8) is 0 Å². The predicted octanol–water partition coefficient (Wildman–Crippen LogP) is 2.46. The van der Waals surface area contributed by atoms with Crippen molar-refractivity contribution in [2.45, 2.75) is 0 Å². The summed E-state index contributed by atoms with van der Waals surface area (Å²) in [7, 11) is 0. The molecular formula is C9H4BrNO4. The van der Waals surface area contributed by atoms with Gasteiger partial charge in [0.15, 0.2) is 5.76 Å². The summed E-state index contributed by atoms with van der Waals surface area (Å²) in [6, 6.07) is 4.28. The quantitative estimate of drug-likeness (QED) is 0.446. The first-order chi connectivity index (χ1) is 7.15. The van der Waals surface area contributed by atoms with Gasteiger partial charge >= 0.3 is 5.97 Å². The Labute approximate surface area is 92.6 Å². The molecule has 1 aromatic carbocycles. The van der Waals surface area contributed by atoms with Gasteiger partial charge in [0.05, 0.1) is 10.5 Å². The number of carbonyl (C=O) groups is 1. The minimum absolute atomic E-state index is 0.135. The van der Waals surface area contributed by atoms with E-state index in [0.29, 0.717) is 0 Å². The molecule has 0 unspecified atom stereocenters.